The summed E-state index contributed by atoms with van der Waals surface area (Å²) in [6.07, 6.45) is 0. The summed E-state index contributed by atoms with van der Waals surface area (Å²) in [4.78, 5) is 4.21. The monoisotopic (exact) mass is 234 g/mol. The predicted molar refractivity (Wildman–Crippen MR) is 62.8 cm³/mol. The van der Waals surface area contributed by atoms with E-state index < -0.39 is 0 Å². The first kappa shape index (κ1) is 11.7. The highest BCUT2D eigenvalue weighted by molar-refractivity contribution is 5.19. The van der Waals surface area contributed by atoms with Gasteiger partial charge in [0.05, 0.1) is 6.54 Å². The summed E-state index contributed by atoms with van der Waals surface area (Å²) in [5.74, 6) is 1.31. The summed E-state index contributed by atoms with van der Waals surface area (Å²) in [7, 11) is 0. The Kier molecular flexibility index (Phi) is 3.19. The van der Waals surface area contributed by atoms with Crippen LogP contribution in [0.5, 0.6) is 0 Å². The van der Waals surface area contributed by atoms with Gasteiger partial charge < -0.3 is 5.73 Å². The Hall–Kier alpha value is -1.75. The van der Waals surface area contributed by atoms with Crippen molar-refractivity contribution in [3.05, 3.63) is 47.3 Å². The zero-order chi connectivity index (χ0) is 12.4. The highest BCUT2D eigenvalue weighted by Gasteiger charge is 2.10. The standard InChI is InChI=1S/C12H15FN4/c1-8-15-9(2)17(16-8)7-12(14)10-3-5-11(13)6-4-10/h3-6,12H,7,14H2,1-2H3. The number of hydrogen-bond acceptors (Lipinski definition) is 3. The summed E-state index contributed by atoms with van der Waals surface area (Å²) in [5, 5.41) is 4.24. The van der Waals surface area contributed by atoms with Gasteiger partial charge in [-0.15, -0.1) is 0 Å². The van der Waals surface area contributed by atoms with Crippen LogP contribution in [0.3, 0.4) is 0 Å². The fraction of sp³-hybridized carbons (Fsp3) is 0.333. The SMILES string of the molecule is Cc1nc(C)n(CC(N)c2ccc(F)cc2)n1. The summed E-state index contributed by atoms with van der Waals surface area (Å²) in [5.41, 5.74) is 6.93. The van der Waals surface area contributed by atoms with Gasteiger partial charge in [-0.05, 0) is 31.5 Å². The van der Waals surface area contributed by atoms with Crippen LogP contribution in [0.25, 0.3) is 0 Å². The van der Waals surface area contributed by atoms with Crippen LogP contribution in [0.2, 0.25) is 0 Å². The molecule has 2 aromatic rings. The second-order valence-corrected chi connectivity index (χ2v) is 4.05. The molecule has 0 radical (unpaired) electrons. The fourth-order valence-corrected chi connectivity index (χ4v) is 1.74. The molecular weight excluding hydrogens is 219 g/mol. The normalized spacial score (nSPS) is 12.7. The first-order valence-electron chi connectivity index (χ1n) is 5.45. The van der Waals surface area contributed by atoms with Crippen LogP contribution in [0.4, 0.5) is 4.39 Å². The molecular formula is C12H15FN4. The summed E-state index contributed by atoms with van der Waals surface area (Å²) >= 11 is 0. The maximum absolute atomic E-state index is 12.8. The van der Waals surface area contributed by atoms with Crippen LogP contribution in [0.15, 0.2) is 24.3 Å². The van der Waals surface area contributed by atoms with Gasteiger partial charge in [0.15, 0.2) is 0 Å². The highest BCUT2D eigenvalue weighted by atomic mass is 19.1. The minimum absolute atomic E-state index is 0.213. The Morgan fingerprint density at radius 3 is 2.47 bits per heavy atom. The van der Waals surface area contributed by atoms with Crippen LogP contribution >= 0.6 is 0 Å². The number of benzene rings is 1. The van der Waals surface area contributed by atoms with Crippen molar-refractivity contribution in [1.29, 1.82) is 0 Å². The van der Waals surface area contributed by atoms with E-state index in [4.69, 9.17) is 5.73 Å². The van der Waals surface area contributed by atoms with Gasteiger partial charge in [-0.25, -0.2) is 14.1 Å². The molecule has 0 aliphatic carbocycles. The third-order valence-electron chi connectivity index (χ3n) is 2.63. The van der Waals surface area contributed by atoms with Gasteiger partial charge >= 0.3 is 0 Å². The van der Waals surface area contributed by atoms with Crippen molar-refractivity contribution in [3.63, 3.8) is 0 Å². The van der Waals surface area contributed by atoms with Crippen LogP contribution in [0.1, 0.15) is 23.3 Å². The molecule has 4 nitrogen and oxygen atoms in total. The van der Waals surface area contributed by atoms with Gasteiger partial charge in [-0.1, -0.05) is 12.1 Å². The molecule has 2 rings (SSSR count). The minimum atomic E-state index is -0.256. The maximum atomic E-state index is 12.8. The number of halogens is 1. The van der Waals surface area contributed by atoms with Crippen LogP contribution in [0, 0.1) is 19.7 Å². The molecule has 1 aromatic carbocycles. The molecule has 1 aromatic heterocycles. The predicted octanol–water partition coefficient (Wildman–Crippen LogP) is 1.73. The van der Waals surface area contributed by atoms with Crippen molar-refractivity contribution in [3.8, 4) is 0 Å². The first-order valence-corrected chi connectivity index (χ1v) is 5.45. The van der Waals surface area contributed by atoms with Gasteiger partial charge in [0.1, 0.15) is 17.5 Å². The van der Waals surface area contributed by atoms with E-state index in [0.29, 0.717) is 6.54 Å². The molecule has 17 heavy (non-hydrogen) atoms. The molecule has 0 spiro atoms. The number of nitrogens with zero attached hydrogens (tertiary/aromatic N) is 3. The third kappa shape index (κ3) is 2.68. The quantitative estimate of drug-likeness (QED) is 0.880. The van der Waals surface area contributed by atoms with Crippen LogP contribution < -0.4 is 5.73 Å². The number of aromatic nitrogens is 3. The Bertz CT molecular complexity index is 504. The Labute approximate surface area is 99.3 Å². The zero-order valence-corrected chi connectivity index (χ0v) is 9.89. The summed E-state index contributed by atoms with van der Waals surface area (Å²) < 4.78 is 14.5. The number of aryl methyl sites for hydroxylation is 2. The van der Waals surface area contributed by atoms with Gasteiger partial charge in [0.2, 0.25) is 0 Å². The van der Waals surface area contributed by atoms with E-state index in [1.807, 2.05) is 13.8 Å². The molecule has 0 aliphatic rings. The van der Waals surface area contributed by atoms with Crippen molar-refractivity contribution >= 4 is 0 Å². The van der Waals surface area contributed by atoms with Crippen molar-refractivity contribution < 1.29 is 4.39 Å². The molecule has 1 atom stereocenters. The summed E-state index contributed by atoms with van der Waals surface area (Å²) in [6.45, 7) is 4.27. The molecule has 90 valence electrons. The summed E-state index contributed by atoms with van der Waals surface area (Å²) in [6, 6.07) is 6.00. The van der Waals surface area contributed by atoms with Crippen molar-refractivity contribution in [1.82, 2.24) is 14.8 Å². The molecule has 1 unspecified atom stereocenters. The molecule has 0 fully saturated rings. The molecule has 0 saturated carbocycles. The number of hydrogen-bond donors (Lipinski definition) is 1. The third-order valence-corrected chi connectivity index (χ3v) is 2.63. The van der Waals surface area contributed by atoms with Gasteiger partial charge in [0.25, 0.3) is 0 Å². The number of nitrogens with two attached hydrogens (primary N) is 1. The Morgan fingerprint density at radius 1 is 1.29 bits per heavy atom. The molecule has 1 heterocycles. The second-order valence-electron chi connectivity index (χ2n) is 4.05. The molecule has 5 heteroatoms. The van der Waals surface area contributed by atoms with E-state index >= 15 is 0 Å². The van der Waals surface area contributed by atoms with Crippen molar-refractivity contribution in [2.24, 2.45) is 5.73 Å². The molecule has 0 saturated heterocycles. The average molecular weight is 234 g/mol. The molecule has 0 amide bonds. The molecule has 0 aliphatic heterocycles. The molecule has 2 N–H and O–H groups in total. The van der Waals surface area contributed by atoms with E-state index in [9.17, 15) is 4.39 Å². The van der Waals surface area contributed by atoms with Gasteiger partial charge in [-0.2, -0.15) is 5.10 Å². The largest absolute Gasteiger partial charge is 0.322 e. The van der Waals surface area contributed by atoms with E-state index in [0.717, 1.165) is 17.2 Å². The Balaban J connectivity index is 2.13. The van der Waals surface area contributed by atoms with Crippen molar-refractivity contribution in [2.75, 3.05) is 0 Å². The fourth-order valence-electron chi connectivity index (χ4n) is 1.74. The lowest BCUT2D eigenvalue weighted by molar-refractivity contribution is 0.512. The topological polar surface area (TPSA) is 56.7 Å². The smallest absolute Gasteiger partial charge is 0.147 e. The van der Waals surface area contributed by atoms with E-state index in [1.54, 1.807) is 16.8 Å². The second kappa shape index (κ2) is 4.63. The number of rotatable bonds is 3. The van der Waals surface area contributed by atoms with E-state index in [1.165, 1.54) is 12.1 Å². The van der Waals surface area contributed by atoms with Gasteiger partial charge in [-0.3, -0.25) is 0 Å². The van der Waals surface area contributed by atoms with Gasteiger partial charge in [0, 0.05) is 6.04 Å². The highest BCUT2D eigenvalue weighted by Crippen LogP contribution is 2.13. The first-order chi connectivity index (χ1) is 8.06. The molecule has 0 bridgehead atoms. The van der Waals surface area contributed by atoms with E-state index in [-0.39, 0.29) is 11.9 Å². The lowest BCUT2D eigenvalue weighted by Crippen LogP contribution is -2.19. The van der Waals surface area contributed by atoms with E-state index in [2.05, 4.69) is 10.1 Å². The maximum Gasteiger partial charge on any atom is 0.147 e. The minimum Gasteiger partial charge on any atom is -0.322 e. The average Bonchev–Trinajstić information content (AvgIpc) is 2.58. The Morgan fingerprint density at radius 2 is 1.94 bits per heavy atom. The lowest BCUT2D eigenvalue weighted by Gasteiger charge is -2.12. The lowest BCUT2D eigenvalue weighted by atomic mass is 10.1. The van der Waals surface area contributed by atoms with Crippen LogP contribution in [-0.4, -0.2) is 14.8 Å². The zero-order valence-electron chi connectivity index (χ0n) is 9.89. The van der Waals surface area contributed by atoms with Crippen LogP contribution in [-0.2, 0) is 6.54 Å². The van der Waals surface area contributed by atoms with Crippen molar-refractivity contribution in [2.45, 2.75) is 26.4 Å².